The fourth-order valence-corrected chi connectivity index (χ4v) is 0.708. The summed E-state index contributed by atoms with van der Waals surface area (Å²) in [7, 11) is 0. The monoisotopic (exact) mass is 136 g/mol. The maximum absolute atomic E-state index is 5.39. The molecule has 10 heavy (non-hydrogen) atoms. The van der Waals surface area contributed by atoms with Crippen LogP contribution in [0.1, 0.15) is 0 Å². The minimum Gasteiger partial charge on any atom is -0.380 e. The van der Waals surface area contributed by atoms with Crippen molar-refractivity contribution >= 4 is 16.9 Å². The number of hydrogen-bond acceptors (Lipinski definition) is 5. The van der Waals surface area contributed by atoms with Gasteiger partial charge in [-0.1, -0.05) is 5.16 Å². The van der Waals surface area contributed by atoms with Gasteiger partial charge in [0.05, 0.1) is 0 Å². The minimum atomic E-state index is 0.329. The van der Waals surface area contributed by atoms with E-state index in [1.807, 2.05) is 0 Å². The lowest BCUT2D eigenvalue weighted by molar-refractivity contribution is 0.452. The first-order valence-corrected chi connectivity index (χ1v) is 2.69. The zero-order chi connectivity index (χ0) is 6.97. The van der Waals surface area contributed by atoms with E-state index in [1.165, 1.54) is 6.33 Å². The summed E-state index contributed by atoms with van der Waals surface area (Å²) in [6.45, 7) is 0. The van der Waals surface area contributed by atoms with Crippen LogP contribution in [0.2, 0.25) is 0 Å². The molecule has 0 aliphatic rings. The van der Waals surface area contributed by atoms with E-state index >= 15 is 0 Å². The van der Waals surface area contributed by atoms with Gasteiger partial charge >= 0.3 is 0 Å². The van der Waals surface area contributed by atoms with Crippen molar-refractivity contribution in [2.75, 3.05) is 5.73 Å². The van der Waals surface area contributed by atoms with Gasteiger partial charge in [-0.05, 0) is 0 Å². The molecule has 0 atom stereocenters. The van der Waals surface area contributed by atoms with E-state index in [2.05, 4.69) is 15.1 Å². The first-order valence-electron chi connectivity index (χ1n) is 2.69. The summed E-state index contributed by atoms with van der Waals surface area (Å²) in [5, 5.41) is 4.15. The molecule has 0 bridgehead atoms. The van der Waals surface area contributed by atoms with Crippen molar-refractivity contribution in [3.05, 3.63) is 12.5 Å². The Kier molecular flexibility index (Phi) is 0.858. The molecule has 0 radical (unpaired) electrons. The highest BCUT2D eigenvalue weighted by atomic mass is 16.5. The summed E-state index contributed by atoms with van der Waals surface area (Å²) >= 11 is 0. The molecular weight excluding hydrogens is 132 g/mol. The van der Waals surface area contributed by atoms with E-state index in [4.69, 9.17) is 10.3 Å². The Morgan fingerprint density at radius 1 is 1.50 bits per heavy atom. The first kappa shape index (κ1) is 5.16. The molecule has 0 fully saturated rings. The lowest BCUT2D eigenvalue weighted by Gasteiger charge is -1.80. The minimum absolute atomic E-state index is 0.329. The van der Waals surface area contributed by atoms with E-state index in [0.717, 1.165) is 0 Å². The SMILES string of the molecule is Nc1noc2ncncc12. The third kappa shape index (κ3) is 0.540. The Bertz CT molecular complexity index is 355. The second-order valence-electron chi connectivity index (χ2n) is 1.81. The molecule has 5 heteroatoms. The molecule has 0 spiro atoms. The van der Waals surface area contributed by atoms with Crippen LogP contribution in [0, 0.1) is 0 Å². The molecule has 50 valence electrons. The molecule has 0 aliphatic heterocycles. The summed E-state index contributed by atoms with van der Waals surface area (Å²) in [5.41, 5.74) is 5.81. The zero-order valence-electron chi connectivity index (χ0n) is 4.98. The molecule has 0 amide bonds. The summed E-state index contributed by atoms with van der Waals surface area (Å²) in [5.74, 6) is 0.329. The number of rotatable bonds is 0. The predicted molar refractivity (Wildman–Crippen MR) is 34.0 cm³/mol. The van der Waals surface area contributed by atoms with Crippen LogP contribution in [0.3, 0.4) is 0 Å². The van der Waals surface area contributed by atoms with Gasteiger partial charge in [0.2, 0.25) is 0 Å². The molecule has 2 aromatic heterocycles. The van der Waals surface area contributed by atoms with Gasteiger partial charge < -0.3 is 10.3 Å². The lowest BCUT2D eigenvalue weighted by Crippen LogP contribution is -1.83. The van der Waals surface area contributed by atoms with Crippen LogP contribution in [0.4, 0.5) is 5.82 Å². The van der Waals surface area contributed by atoms with Crippen LogP contribution >= 0.6 is 0 Å². The van der Waals surface area contributed by atoms with Crippen molar-refractivity contribution in [2.45, 2.75) is 0 Å². The molecule has 2 heterocycles. The van der Waals surface area contributed by atoms with E-state index in [1.54, 1.807) is 6.20 Å². The molecule has 0 aromatic carbocycles. The summed E-state index contributed by atoms with van der Waals surface area (Å²) in [6, 6.07) is 0. The van der Waals surface area contributed by atoms with Gasteiger partial charge in [0, 0.05) is 6.20 Å². The molecule has 2 N–H and O–H groups in total. The van der Waals surface area contributed by atoms with E-state index < -0.39 is 0 Å². The normalized spacial score (nSPS) is 10.4. The number of fused-ring (bicyclic) bond motifs is 1. The number of aromatic nitrogens is 3. The first-order chi connectivity index (χ1) is 4.88. The molecule has 5 nitrogen and oxygen atoms in total. The third-order valence-electron chi connectivity index (χ3n) is 1.18. The number of nitrogen functional groups attached to an aromatic ring is 1. The summed E-state index contributed by atoms with van der Waals surface area (Å²) in [4.78, 5) is 7.54. The van der Waals surface area contributed by atoms with Crippen LogP contribution in [-0.4, -0.2) is 15.1 Å². The van der Waals surface area contributed by atoms with Crippen molar-refractivity contribution in [1.82, 2.24) is 15.1 Å². The highest BCUT2D eigenvalue weighted by Crippen LogP contribution is 2.14. The zero-order valence-corrected chi connectivity index (χ0v) is 4.98. The van der Waals surface area contributed by atoms with Gasteiger partial charge in [-0.15, -0.1) is 0 Å². The van der Waals surface area contributed by atoms with E-state index in [9.17, 15) is 0 Å². The Morgan fingerprint density at radius 3 is 3.20 bits per heavy atom. The molecule has 0 aliphatic carbocycles. The molecule has 0 unspecified atom stereocenters. The molecule has 0 saturated carbocycles. The second-order valence-corrected chi connectivity index (χ2v) is 1.81. The van der Waals surface area contributed by atoms with Crippen molar-refractivity contribution in [3.8, 4) is 0 Å². The molecule has 0 saturated heterocycles. The standard InChI is InChI=1S/C5H4N4O/c6-4-3-1-7-2-8-5(3)10-9-4/h1-2H,(H2,6,9). The highest BCUT2D eigenvalue weighted by molar-refractivity contribution is 5.82. The van der Waals surface area contributed by atoms with Gasteiger partial charge in [0.1, 0.15) is 11.7 Å². The van der Waals surface area contributed by atoms with Gasteiger partial charge in [0.25, 0.3) is 5.71 Å². The van der Waals surface area contributed by atoms with Gasteiger partial charge in [-0.3, -0.25) is 0 Å². The van der Waals surface area contributed by atoms with Crippen molar-refractivity contribution in [2.24, 2.45) is 0 Å². The van der Waals surface area contributed by atoms with E-state index in [-0.39, 0.29) is 0 Å². The smallest absolute Gasteiger partial charge is 0.262 e. The van der Waals surface area contributed by atoms with Crippen molar-refractivity contribution in [3.63, 3.8) is 0 Å². The number of nitrogens with zero attached hydrogens (tertiary/aromatic N) is 3. The highest BCUT2D eigenvalue weighted by Gasteiger charge is 2.02. The number of nitrogens with two attached hydrogens (primary N) is 1. The Morgan fingerprint density at radius 2 is 2.40 bits per heavy atom. The Labute approximate surface area is 55.9 Å². The van der Waals surface area contributed by atoms with Gasteiger partial charge in [-0.25, -0.2) is 4.98 Å². The van der Waals surface area contributed by atoms with Gasteiger partial charge in [0.15, 0.2) is 5.82 Å². The van der Waals surface area contributed by atoms with E-state index in [0.29, 0.717) is 16.9 Å². The van der Waals surface area contributed by atoms with Crippen LogP contribution < -0.4 is 5.73 Å². The second kappa shape index (κ2) is 1.66. The van der Waals surface area contributed by atoms with Crippen LogP contribution in [-0.2, 0) is 0 Å². The fraction of sp³-hybridized carbons (Fsp3) is 0. The summed E-state index contributed by atoms with van der Waals surface area (Å²) in [6.07, 6.45) is 2.95. The third-order valence-corrected chi connectivity index (χ3v) is 1.18. The van der Waals surface area contributed by atoms with Crippen LogP contribution in [0.25, 0.3) is 11.1 Å². The largest absolute Gasteiger partial charge is 0.380 e. The quantitative estimate of drug-likeness (QED) is 0.559. The fourth-order valence-electron chi connectivity index (χ4n) is 0.708. The van der Waals surface area contributed by atoms with Crippen LogP contribution in [0.15, 0.2) is 17.0 Å². The van der Waals surface area contributed by atoms with Gasteiger partial charge in [-0.2, -0.15) is 4.98 Å². The Balaban J connectivity index is 2.93. The lowest BCUT2D eigenvalue weighted by atomic mass is 10.4. The Hall–Kier alpha value is -1.65. The number of anilines is 1. The maximum Gasteiger partial charge on any atom is 0.262 e. The molecule has 2 aromatic rings. The average Bonchev–Trinajstić information content (AvgIpc) is 2.34. The number of hydrogen-bond donors (Lipinski definition) is 1. The summed E-state index contributed by atoms with van der Waals surface area (Å²) < 4.78 is 4.72. The average molecular weight is 136 g/mol. The predicted octanol–water partition coefficient (Wildman–Crippen LogP) is 0.200. The topological polar surface area (TPSA) is 77.8 Å². The molecule has 2 rings (SSSR count). The van der Waals surface area contributed by atoms with Crippen molar-refractivity contribution < 1.29 is 4.52 Å². The van der Waals surface area contributed by atoms with Crippen LogP contribution in [0.5, 0.6) is 0 Å². The van der Waals surface area contributed by atoms with Crippen molar-refractivity contribution in [1.29, 1.82) is 0 Å². The molecular formula is C5H4N4O. The maximum atomic E-state index is 5.39.